The lowest BCUT2D eigenvalue weighted by Crippen LogP contribution is -2.31. The fourth-order valence-corrected chi connectivity index (χ4v) is 4.97. The van der Waals surface area contributed by atoms with Gasteiger partial charge in [-0.3, -0.25) is 0 Å². The number of rotatable bonds is 5. The number of fused-ring (bicyclic) bond motifs is 1. The average molecular weight is 395 g/mol. The van der Waals surface area contributed by atoms with Gasteiger partial charge in [-0.25, -0.2) is 4.98 Å². The molecule has 1 N–H and O–H groups in total. The van der Waals surface area contributed by atoms with E-state index in [4.69, 9.17) is 0 Å². The summed E-state index contributed by atoms with van der Waals surface area (Å²) < 4.78 is 2.22. The highest BCUT2D eigenvalue weighted by Gasteiger charge is 2.44. The molecule has 0 saturated heterocycles. The normalized spacial score (nSPS) is 21.7. The van der Waals surface area contributed by atoms with Gasteiger partial charge < -0.3 is 9.88 Å². The van der Waals surface area contributed by atoms with Crippen LogP contribution in [0.25, 0.3) is 11.2 Å². The number of nitrogens with zero attached hydrogens (tertiary/aromatic N) is 5. The van der Waals surface area contributed by atoms with Gasteiger partial charge in [0.15, 0.2) is 11.5 Å². The van der Waals surface area contributed by atoms with Crippen LogP contribution < -0.4 is 5.32 Å². The lowest BCUT2D eigenvalue weighted by Gasteiger charge is -2.32. The third-order valence-electron chi connectivity index (χ3n) is 7.37. The largest absolute Gasteiger partial charge is 0.365 e. The maximum absolute atomic E-state index is 9.31. The van der Waals surface area contributed by atoms with Gasteiger partial charge in [-0.1, -0.05) is 20.3 Å². The molecule has 156 valence electrons. The van der Waals surface area contributed by atoms with Crippen molar-refractivity contribution in [3.05, 3.63) is 12.2 Å². The van der Waals surface area contributed by atoms with Crippen molar-refractivity contribution in [2.45, 2.75) is 91.1 Å². The molecular weight excluding hydrogens is 360 g/mol. The molecule has 0 aliphatic heterocycles. The van der Waals surface area contributed by atoms with Gasteiger partial charge in [0.2, 0.25) is 5.82 Å². The molecule has 6 nitrogen and oxygen atoms in total. The first-order chi connectivity index (χ1) is 14.2. The van der Waals surface area contributed by atoms with Crippen LogP contribution in [-0.4, -0.2) is 25.6 Å². The minimum atomic E-state index is 0.199. The summed E-state index contributed by atoms with van der Waals surface area (Å²) in [6.45, 7) is 7.20. The smallest absolute Gasteiger partial charge is 0.236 e. The van der Waals surface area contributed by atoms with Crippen LogP contribution in [0.15, 0.2) is 6.33 Å². The number of hydrogen-bond acceptors (Lipinski definition) is 5. The Labute approximate surface area is 174 Å². The van der Waals surface area contributed by atoms with Crippen molar-refractivity contribution in [2.24, 2.45) is 17.3 Å². The van der Waals surface area contributed by atoms with Crippen LogP contribution in [0, 0.1) is 28.6 Å². The van der Waals surface area contributed by atoms with E-state index in [1.807, 2.05) is 20.2 Å². The summed E-state index contributed by atoms with van der Waals surface area (Å²) in [5, 5.41) is 12.9. The van der Waals surface area contributed by atoms with Gasteiger partial charge in [-0.05, 0) is 75.5 Å². The van der Waals surface area contributed by atoms with Gasteiger partial charge in [0.05, 0.1) is 6.33 Å². The molecule has 5 rings (SSSR count). The summed E-state index contributed by atoms with van der Waals surface area (Å²) in [5.74, 6) is 2.39. The van der Waals surface area contributed by atoms with E-state index in [1.165, 1.54) is 57.8 Å². The minimum absolute atomic E-state index is 0.199. The molecule has 2 aromatic heterocycles. The van der Waals surface area contributed by atoms with Gasteiger partial charge in [0.1, 0.15) is 11.6 Å². The maximum Gasteiger partial charge on any atom is 0.236 e. The molecule has 1 atom stereocenters. The fourth-order valence-electron chi connectivity index (χ4n) is 4.97. The summed E-state index contributed by atoms with van der Waals surface area (Å²) in [5.41, 5.74) is 2.33. The van der Waals surface area contributed by atoms with Gasteiger partial charge in [-0.2, -0.15) is 15.2 Å². The van der Waals surface area contributed by atoms with Crippen LogP contribution in [0.1, 0.15) is 84.4 Å². The Hall–Kier alpha value is -2.16. The van der Waals surface area contributed by atoms with Crippen molar-refractivity contribution in [1.82, 2.24) is 19.5 Å². The fraction of sp³-hybridized carbons (Fsp3) is 0.739. The van der Waals surface area contributed by atoms with Gasteiger partial charge in [0.25, 0.3) is 0 Å². The standard InChI is InChI=1S/C21H28N6.C2H6/c1-14(16-3-2-4-16)24-20-18-19(25-17(11-22)26-20)23-13-27(18)12-15-5-7-21(8-6-15)9-10-21;1-2/h13-16H,2-10,12H2,1H3,(H,24,25,26);1-2H3. The van der Waals surface area contributed by atoms with E-state index in [2.05, 4.69) is 37.8 Å². The molecule has 6 heteroatoms. The number of hydrogen-bond donors (Lipinski definition) is 1. The van der Waals surface area contributed by atoms with Crippen LogP contribution in [0.5, 0.6) is 0 Å². The van der Waals surface area contributed by atoms with Crippen molar-refractivity contribution in [3.8, 4) is 6.07 Å². The topological polar surface area (TPSA) is 79.4 Å². The minimum Gasteiger partial charge on any atom is -0.365 e. The average Bonchev–Trinajstić information content (AvgIpc) is 3.33. The first-order valence-corrected chi connectivity index (χ1v) is 11.6. The summed E-state index contributed by atoms with van der Waals surface area (Å²) in [4.78, 5) is 13.4. The highest BCUT2D eigenvalue weighted by atomic mass is 15.2. The van der Waals surface area contributed by atoms with Crippen LogP contribution in [-0.2, 0) is 6.54 Å². The van der Waals surface area contributed by atoms with Crippen LogP contribution in [0.4, 0.5) is 5.82 Å². The lowest BCUT2D eigenvalue weighted by atomic mass is 9.80. The second kappa shape index (κ2) is 8.30. The SMILES string of the molecule is CC.CC(Nc1nc(C#N)nc2ncn(CC3CCC4(CC3)CC4)c12)C1CCC1. The number of anilines is 1. The summed E-state index contributed by atoms with van der Waals surface area (Å²) in [6.07, 6.45) is 14.1. The Kier molecular flexibility index (Phi) is 5.76. The van der Waals surface area contributed by atoms with Gasteiger partial charge in [-0.15, -0.1) is 0 Å². The van der Waals surface area contributed by atoms with Crippen molar-refractivity contribution in [1.29, 1.82) is 5.26 Å². The molecule has 2 heterocycles. The zero-order valence-corrected chi connectivity index (χ0v) is 18.1. The maximum atomic E-state index is 9.31. The Bertz CT molecular complexity index is 877. The molecular formula is C23H34N6. The van der Waals surface area contributed by atoms with E-state index in [0.29, 0.717) is 23.5 Å². The van der Waals surface area contributed by atoms with Crippen LogP contribution in [0.3, 0.4) is 0 Å². The monoisotopic (exact) mass is 394 g/mol. The van der Waals surface area contributed by atoms with Crippen molar-refractivity contribution >= 4 is 17.0 Å². The predicted molar refractivity (Wildman–Crippen MR) is 115 cm³/mol. The highest BCUT2D eigenvalue weighted by Crippen LogP contribution is 2.57. The zero-order valence-electron chi connectivity index (χ0n) is 18.1. The van der Waals surface area contributed by atoms with E-state index in [-0.39, 0.29) is 5.82 Å². The summed E-state index contributed by atoms with van der Waals surface area (Å²) >= 11 is 0. The molecule has 3 aliphatic carbocycles. The molecule has 1 spiro atoms. The quantitative estimate of drug-likeness (QED) is 0.745. The summed E-state index contributed by atoms with van der Waals surface area (Å²) in [7, 11) is 0. The van der Waals surface area contributed by atoms with Gasteiger partial charge >= 0.3 is 0 Å². The van der Waals surface area contributed by atoms with E-state index in [1.54, 1.807) is 0 Å². The Morgan fingerprint density at radius 2 is 1.90 bits per heavy atom. The van der Waals surface area contributed by atoms with Crippen molar-refractivity contribution < 1.29 is 0 Å². The molecule has 0 amide bonds. The molecule has 3 aliphatic rings. The second-order valence-corrected chi connectivity index (χ2v) is 9.14. The lowest BCUT2D eigenvalue weighted by molar-refractivity contribution is 0.238. The van der Waals surface area contributed by atoms with E-state index >= 15 is 0 Å². The molecule has 3 saturated carbocycles. The molecule has 2 aromatic rings. The van der Waals surface area contributed by atoms with E-state index in [9.17, 15) is 5.26 Å². The highest BCUT2D eigenvalue weighted by molar-refractivity contribution is 5.83. The summed E-state index contributed by atoms with van der Waals surface area (Å²) in [6, 6.07) is 2.44. The van der Waals surface area contributed by atoms with Crippen molar-refractivity contribution in [2.75, 3.05) is 5.32 Å². The van der Waals surface area contributed by atoms with E-state index in [0.717, 1.165) is 23.3 Å². The third-order valence-corrected chi connectivity index (χ3v) is 7.37. The molecule has 3 fully saturated rings. The van der Waals surface area contributed by atoms with E-state index < -0.39 is 0 Å². The Morgan fingerprint density at radius 3 is 2.48 bits per heavy atom. The van der Waals surface area contributed by atoms with Crippen molar-refractivity contribution in [3.63, 3.8) is 0 Å². The number of imidazole rings is 1. The van der Waals surface area contributed by atoms with Crippen LogP contribution >= 0.6 is 0 Å². The third kappa shape index (κ3) is 4.10. The number of nitrogens with one attached hydrogen (secondary N) is 1. The molecule has 0 aromatic carbocycles. The number of nitriles is 1. The molecule has 0 bridgehead atoms. The predicted octanol–water partition coefficient (Wildman–Crippen LogP) is 5.30. The molecule has 1 unspecified atom stereocenters. The second-order valence-electron chi connectivity index (χ2n) is 9.14. The first-order valence-electron chi connectivity index (χ1n) is 11.6. The number of aromatic nitrogens is 4. The Morgan fingerprint density at radius 1 is 1.17 bits per heavy atom. The Balaban J connectivity index is 0.000000994. The first kappa shape index (κ1) is 20.1. The molecule has 29 heavy (non-hydrogen) atoms. The van der Waals surface area contributed by atoms with Gasteiger partial charge in [0, 0.05) is 12.6 Å². The molecule has 0 radical (unpaired) electrons. The van der Waals surface area contributed by atoms with Crippen LogP contribution in [0.2, 0.25) is 0 Å². The zero-order chi connectivity index (χ0) is 20.4.